The molecule has 0 aliphatic carbocycles. The number of nitrogens with zero attached hydrogens (tertiary/aromatic N) is 1. The molecule has 144 valence electrons. The number of amides is 1. The van der Waals surface area contributed by atoms with Crippen molar-refractivity contribution in [1.82, 2.24) is 4.90 Å². The number of rotatable bonds is 6. The summed E-state index contributed by atoms with van der Waals surface area (Å²) in [5.74, 6) is 0.642. The highest BCUT2D eigenvalue weighted by atomic mass is 16.5. The average Bonchev–Trinajstić information content (AvgIpc) is 3.01. The quantitative estimate of drug-likeness (QED) is 0.592. The predicted molar refractivity (Wildman–Crippen MR) is 108 cm³/mol. The van der Waals surface area contributed by atoms with Gasteiger partial charge in [0.2, 0.25) is 5.76 Å². The smallest absolute Gasteiger partial charge is 0.290 e. The lowest BCUT2D eigenvalue weighted by atomic mass is 9.98. The molecule has 0 N–H and O–H groups in total. The van der Waals surface area contributed by atoms with Crippen LogP contribution in [0.2, 0.25) is 0 Å². The van der Waals surface area contributed by atoms with E-state index in [2.05, 4.69) is 6.92 Å². The Kier molecular flexibility index (Phi) is 4.90. The van der Waals surface area contributed by atoms with Crippen molar-refractivity contribution in [1.29, 1.82) is 0 Å². The second-order valence-electron chi connectivity index (χ2n) is 6.94. The summed E-state index contributed by atoms with van der Waals surface area (Å²) >= 11 is 0. The molecule has 4 rings (SSSR count). The van der Waals surface area contributed by atoms with E-state index in [0.29, 0.717) is 29.7 Å². The third kappa shape index (κ3) is 2.97. The molecule has 3 aromatic rings. The molecule has 1 amide bonds. The van der Waals surface area contributed by atoms with Gasteiger partial charge in [0.05, 0.1) is 23.6 Å². The number of hydrogen-bond donors (Lipinski definition) is 0. The van der Waals surface area contributed by atoms with E-state index in [1.807, 2.05) is 31.2 Å². The molecule has 0 saturated heterocycles. The predicted octanol–water partition coefficient (Wildman–Crippen LogP) is 4.54. The van der Waals surface area contributed by atoms with Gasteiger partial charge in [-0.05, 0) is 43.2 Å². The Balaban J connectivity index is 1.84. The molecular weight excluding hydrogens is 354 g/mol. The molecule has 0 spiro atoms. The topological polar surface area (TPSA) is 59.8 Å². The monoisotopic (exact) mass is 377 g/mol. The number of benzene rings is 2. The molecule has 1 aliphatic rings. The summed E-state index contributed by atoms with van der Waals surface area (Å²) in [6.45, 7) is 5.14. The Morgan fingerprint density at radius 1 is 1.07 bits per heavy atom. The highest BCUT2D eigenvalue weighted by molar-refractivity contribution is 5.99. The SMILES string of the molecule is CCCCOc1cccc([C@@H]2c3c(oc4ccccc4c3=O)C(=O)N2CC)c1. The summed E-state index contributed by atoms with van der Waals surface area (Å²) in [6, 6.07) is 14.2. The van der Waals surface area contributed by atoms with Crippen molar-refractivity contribution < 1.29 is 13.9 Å². The van der Waals surface area contributed by atoms with Gasteiger partial charge in [0.1, 0.15) is 11.3 Å². The van der Waals surface area contributed by atoms with Gasteiger partial charge in [-0.2, -0.15) is 0 Å². The first kappa shape index (κ1) is 18.3. The van der Waals surface area contributed by atoms with Crippen LogP contribution in [0, 0.1) is 0 Å². The Bertz CT molecular complexity index is 1090. The maximum atomic E-state index is 13.2. The zero-order chi connectivity index (χ0) is 19.7. The maximum absolute atomic E-state index is 13.2. The van der Waals surface area contributed by atoms with Gasteiger partial charge in [-0.3, -0.25) is 9.59 Å². The van der Waals surface area contributed by atoms with Gasteiger partial charge in [-0.1, -0.05) is 37.6 Å². The van der Waals surface area contributed by atoms with Crippen molar-refractivity contribution in [2.75, 3.05) is 13.2 Å². The van der Waals surface area contributed by atoms with Gasteiger partial charge in [0, 0.05) is 6.54 Å². The van der Waals surface area contributed by atoms with E-state index in [9.17, 15) is 9.59 Å². The Labute approximate surface area is 163 Å². The van der Waals surface area contributed by atoms with E-state index >= 15 is 0 Å². The van der Waals surface area contributed by atoms with E-state index in [-0.39, 0.29) is 17.1 Å². The lowest BCUT2D eigenvalue weighted by Crippen LogP contribution is -2.29. The molecule has 1 aliphatic heterocycles. The molecule has 5 heteroatoms. The molecule has 0 fully saturated rings. The van der Waals surface area contributed by atoms with Crippen molar-refractivity contribution in [3.8, 4) is 5.75 Å². The van der Waals surface area contributed by atoms with Crippen LogP contribution in [0.3, 0.4) is 0 Å². The van der Waals surface area contributed by atoms with Crippen LogP contribution in [0.4, 0.5) is 0 Å². The minimum absolute atomic E-state index is 0.146. The summed E-state index contributed by atoms with van der Waals surface area (Å²) in [4.78, 5) is 27.9. The number of carbonyl (C=O) groups is 1. The van der Waals surface area contributed by atoms with Crippen LogP contribution < -0.4 is 10.2 Å². The number of fused-ring (bicyclic) bond motifs is 2. The van der Waals surface area contributed by atoms with Crippen LogP contribution in [-0.4, -0.2) is 24.0 Å². The van der Waals surface area contributed by atoms with Crippen molar-refractivity contribution in [2.24, 2.45) is 0 Å². The molecule has 0 radical (unpaired) electrons. The van der Waals surface area contributed by atoms with E-state index in [1.165, 1.54) is 0 Å². The fourth-order valence-electron chi connectivity index (χ4n) is 3.75. The van der Waals surface area contributed by atoms with Gasteiger partial charge in [-0.25, -0.2) is 0 Å². The Morgan fingerprint density at radius 3 is 2.68 bits per heavy atom. The van der Waals surface area contributed by atoms with Crippen molar-refractivity contribution in [3.63, 3.8) is 0 Å². The highest BCUT2D eigenvalue weighted by Gasteiger charge is 2.41. The highest BCUT2D eigenvalue weighted by Crippen LogP contribution is 2.38. The van der Waals surface area contributed by atoms with E-state index < -0.39 is 6.04 Å². The lowest BCUT2D eigenvalue weighted by molar-refractivity contribution is 0.0737. The molecule has 0 unspecified atom stereocenters. The number of para-hydroxylation sites is 1. The fraction of sp³-hybridized carbons (Fsp3) is 0.304. The molecule has 5 nitrogen and oxygen atoms in total. The molecule has 2 aromatic carbocycles. The van der Waals surface area contributed by atoms with Crippen LogP contribution in [0.5, 0.6) is 5.75 Å². The minimum atomic E-state index is -0.469. The largest absolute Gasteiger partial charge is 0.494 e. The van der Waals surface area contributed by atoms with Crippen LogP contribution in [0.15, 0.2) is 57.7 Å². The first-order chi connectivity index (χ1) is 13.7. The molecule has 2 heterocycles. The van der Waals surface area contributed by atoms with Crippen molar-refractivity contribution >= 4 is 16.9 Å². The van der Waals surface area contributed by atoms with Gasteiger partial charge < -0.3 is 14.1 Å². The minimum Gasteiger partial charge on any atom is -0.494 e. The summed E-state index contributed by atoms with van der Waals surface area (Å²) in [5.41, 5.74) is 1.55. The number of ether oxygens (including phenoxy) is 1. The molecule has 28 heavy (non-hydrogen) atoms. The summed E-state index contributed by atoms with van der Waals surface area (Å²) in [6.07, 6.45) is 2.04. The average molecular weight is 377 g/mol. The first-order valence-corrected chi connectivity index (χ1v) is 9.75. The van der Waals surface area contributed by atoms with Crippen molar-refractivity contribution in [3.05, 3.63) is 75.6 Å². The maximum Gasteiger partial charge on any atom is 0.290 e. The van der Waals surface area contributed by atoms with Crippen LogP contribution in [-0.2, 0) is 0 Å². The van der Waals surface area contributed by atoms with Crippen LogP contribution in [0.1, 0.15) is 54.4 Å². The zero-order valence-corrected chi connectivity index (χ0v) is 16.1. The number of carbonyl (C=O) groups excluding carboxylic acids is 1. The van der Waals surface area contributed by atoms with Crippen molar-refractivity contribution in [2.45, 2.75) is 32.7 Å². The van der Waals surface area contributed by atoms with Crippen LogP contribution >= 0.6 is 0 Å². The molecule has 1 atom stereocenters. The number of unbranched alkanes of at least 4 members (excludes halogenated alkanes) is 1. The standard InChI is InChI=1S/C23H23NO4/c1-3-5-13-27-16-10-8-9-15(14-16)20-19-21(25)17-11-6-7-12-18(17)28-22(19)23(26)24(20)4-2/h6-12,14,20H,3-5,13H2,1-2H3/t20-/m1/s1. The molecule has 0 saturated carbocycles. The van der Waals surface area contributed by atoms with Crippen LogP contribution in [0.25, 0.3) is 11.0 Å². The molecule has 0 bridgehead atoms. The third-order valence-corrected chi connectivity index (χ3v) is 5.15. The zero-order valence-electron chi connectivity index (χ0n) is 16.1. The van der Waals surface area contributed by atoms with E-state index in [0.717, 1.165) is 24.2 Å². The van der Waals surface area contributed by atoms with Gasteiger partial charge in [0.15, 0.2) is 5.43 Å². The second kappa shape index (κ2) is 7.50. The molecular formula is C23H23NO4. The van der Waals surface area contributed by atoms with E-state index in [4.69, 9.17) is 9.15 Å². The summed E-state index contributed by atoms with van der Waals surface area (Å²) in [7, 11) is 0. The Morgan fingerprint density at radius 2 is 1.89 bits per heavy atom. The lowest BCUT2D eigenvalue weighted by Gasteiger charge is -2.23. The Hall–Kier alpha value is -3.08. The first-order valence-electron chi connectivity index (χ1n) is 9.75. The normalized spacial score (nSPS) is 15.9. The number of hydrogen-bond acceptors (Lipinski definition) is 4. The fourth-order valence-corrected chi connectivity index (χ4v) is 3.75. The third-order valence-electron chi connectivity index (χ3n) is 5.15. The van der Waals surface area contributed by atoms with E-state index in [1.54, 1.807) is 29.2 Å². The summed E-state index contributed by atoms with van der Waals surface area (Å²) in [5, 5.41) is 0.493. The van der Waals surface area contributed by atoms with Gasteiger partial charge >= 0.3 is 0 Å². The molecule has 1 aromatic heterocycles. The van der Waals surface area contributed by atoms with Gasteiger partial charge in [-0.15, -0.1) is 0 Å². The summed E-state index contributed by atoms with van der Waals surface area (Å²) < 4.78 is 11.7. The van der Waals surface area contributed by atoms with Gasteiger partial charge in [0.25, 0.3) is 5.91 Å². The second-order valence-corrected chi connectivity index (χ2v) is 6.94.